The van der Waals surface area contributed by atoms with E-state index < -0.39 is 0 Å². The molecular formula is C13H20BrNO2. The second kappa shape index (κ2) is 6.87. The van der Waals surface area contributed by atoms with Gasteiger partial charge in [0.15, 0.2) is 11.5 Å². The number of benzene rings is 1. The number of halogens is 1. The van der Waals surface area contributed by atoms with Crippen molar-refractivity contribution >= 4 is 15.9 Å². The molecule has 1 aromatic rings. The van der Waals surface area contributed by atoms with E-state index in [1.807, 2.05) is 12.1 Å². The average molecular weight is 302 g/mol. The zero-order valence-corrected chi connectivity index (χ0v) is 12.2. The van der Waals surface area contributed by atoms with Gasteiger partial charge in [-0.2, -0.15) is 0 Å². The second-order valence-corrected chi connectivity index (χ2v) is 5.34. The van der Waals surface area contributed by atoms with Crippen LogP contribution in [-0.4, -0.2) is 18.8 Å². The third-order valence-electron chi connectivity index (χ3n) is 2.54. The largest absolute Gasteiger partial charge is 0.503 e. The number of ether oxygens (including phenoxy) is 1. The first-order valence-electron chi connectivity index (χ1n) is 5.80. The summed E-state index contributed by atoms with van der Waals surface area (Å²) in [6.45, 7) is 6.20. The fourth-order valence-electron chi connectivity index (χ4n) is 1.51. The molecule has 0 amide bonds. The van der Waals surface area contributed by atoms with Crippen molar-refractivity contribution in [2.45, 2.75) is 26.8 Å². The Balaban J connectivity index is 2.57. The standard InChI is InChI=1S/C13H20BrNO2/c1-9(2)4-5-15-8-10-6-11(14)13(16)12(7-10)17-3/h6-7,9,15-16H,4-5,8H2,1-3H3. The number of hydrogen-bond acceptors (Lipinski definition) is 3. The summed E-state index contributed by atoms with van der Waals surface area (Å²) < 4.78 is 5.77. The molecule has 1 rings (SSSR count). The first-order chi connectivity index (χ1) is 8.04. The zero-order valence-electron chi connectivity index (χ0n) is 10.6. The van der Waals surface area contributed by atoms with Crippen LogP contribution in [-0.2, 0) is 6.54 Å². The van der Waals surface area contributed by atoms with Gasteiger partial charge in [0.05, 0.1) is 11.6 Å². The van der Waals surface area contributed by atoms with Crippen LogP contribution in [0.5, 0.6) is 11.5 Å². The van der Waals surface area contributed by atoms with Crippen molar-refractivity contribution < 1.29 is 9.84 Å². The first-order valence-corrected chi connectivity index (χ1v) is 6.60. The van der Waals surface area contributed by atoms with Gasteiger partial charge in [-0.3, -0.25) is 0 Å². The number of aromatic hydroxyl groups is 1. The van der Waals surface area contributed by atoms with Crippen LogP contribution < -0.4 is 10.1 Å². The Morgan fingerprint density at radius 1 is 1.41 bits per heavy atom. The van der Waals surface area contributed by atoms with E-state index in [4.69, 9.17) is 4.74 Å². The summed E-state index contributed by atoms with van der Waals surface area (Å²) >= 11 is 3.31. The predicted octanol–water partition coefficient (Wildman–Crippen LogP) is 3.30. The Morgan fingerprint density at radius 2 is 2.12 bits per heavy atom. The molecule has 1 aromatic carbocycles. The Morgan fingerprint density at radius 3 is 2.71 bits per heavy atom. The van der Waals surface area contributed by atoms with Gasteiger partial charge in [-0.25, -0.2) is 0 Å². The maximum absolute atomic E-state index is 9.67. The highest BCUT2D eigenvalue weighted by atomic mass is 79.9. The molecule has 0 radical (unpaired) electrons. The number of phenolic OH excluding ortho intramolecular Hbond substituents is 1. The van der Waals surface area contributed by atoms with Crippen LogP contribution in [0.3, 0.4) is 0 Å². The fraction of sp³-hybridized carbons (Fsp3) is 0.538. The Bertz CT molecular complexity index is 367. The highest BCUT2D eigenvalue weighted by Gasteiger charge is 2.08. The van der Waals surface area contributed by atoms with Gasteiger partial charge in [-0.1, -0.05) is 13.8 Å². The summed E-state index contributed by atoms with van der Waals surface area (Å²) in [5.74, 6) is 1.36. The third kappa shape index (κ3) is 4.56. The maximum atomic E-state index is 9.67. The SMILES string of the molecule is COc1cc(CNCCC(C)C)cc(Br)c1O. The monoisotopic (exact) mass is 301 g/mol. The molecule has 0 spiro atoms. The normalized spacial score (nSPS) is 10.9. The predicted molar refractivity (Wildman–Crippen MR) is 73.5 cm³/mol. The van der Waals surface area contributed by atoms with Crippen molar-refractivity contribution in [1.29, 1.82) is 0 Å². The van der Waals surface area contributed by atoms with Crippen LogP contribution in [0.2, 0.25) is 0 Å². The first kappa shape index (κ1) is 14.3. The van der Waals surface area contributed by atoms with Crippen molar-refractivity contribution in [2.24, 2.45) is 5.92 Å². The summed E-state index contributed by atoms with van der Waals surface area (Å²) in [4.78, 5) is 0. The molecule has 0 saturated heterocycles. The van der Waals surface area contributed by atoms with Crippen LogP contribution in [0.25, 0.3) is 0 Å². The zero-order chi connectivity index (χ0) is 12.8. The number of rotatable bonds is 6. The lowest BCUT2D eigenvalue weighted by Crippen LogP contribution is -2.16. The molecular weight excluding hydrogens is 282 g/mol. The Kier molecular flexibility index (Phi) is 5.78. The summed E-state index contributed by atoms with van der Waals surface area (Å²) in [5, 5.41) is 13.0. The molecule has 4 heteroatoms. The number of phenols is 1. The van der Waals surface area contributed by atoms with Gasteiger partial charge in [0.25, 0.3) is 0 Å². The van der Waals surface area contributed by atoms with E-state index in [0.29, 0.717) is 16.1 Å². The number of nitrogens with one attached hydrogen (secondary N) is 1. The van der Waals surface area contributed by atoms with E-state index in [0.717, 1.165) is 25.1 Å². The molecule has 0 unspecified atom stereocenters. The summed E-state index contributed by atoms with van der Waals surface area (Å²) in [5.41, 5.74) is 1.09. The van der Waals surface area contributed by atoms with Gasteiger partial charge in [-0.05, 0) is 52.5 Å². The fourth-order valence-corrected chi connectivity index (χ4v) is 2.00. The molecule has 0 aliphatic carbocycles. The third-order valence-corrected chi connectivity index (χ3v) is 3.14. The minimum atomic E-state index is 0.151. The van der Waals surface area contributed by atoms with Crippen molar-refractivity contribution in [1.82, 2.24) is 5.32 Å². The Hall–Kier alpha value is -0.740. The lowest BCUT2D eigenvalue weighted by Gasteiger charge is -2.10. The van der Waals surface area contributed by atoms with Crippen LogP contribution in [0.4, 0.5) is 0 Å². The van der Waals surface area contributed by atoms with Gasteiger partial charge in [0.2, 0.25) is 0 Å². The summed E-state index contributed by atoms with van der Waals surface area (Å²) in [6, 6.07) is 3.75. The average Bonchev–Trinajstić information content (AvgIpc) is 2.28. The molecule has 0 atom stereocenters. The van der Waals surface area contributed by atoms with Gasteiger partial charge >= 0.3 is 0 Å². The number of hydrogen-bond donors (Lipinski definition) is 2. The molecule has 0 aliphatic heterocycles. The molecule has 17 heavy (non-hydrogen) atoms. The van der Waals surface area contributed by atoms with E-state index in [1.54, 1.807) is 7.11 Å². The van der Waals surface area contributed by atoms with E-state index in [2.05, 4.69) is 35.1 Å². The minimum absolute atomic E-state index is 0.151. The molecule has 2 N–H and O–H groups in total. The molecule has 0 saturated carbocycles. The summed E-state index contributed by atoms with van der Waals surface area (Å²) in [6.07, 6.45) is 1.16. The molecule has 3 nitrogen and oxygen atoms in total. The van der Waals surface area contributed by atoms with E-state index in [9.17, 15) is 5.11 Å². The lowest BCUT2D eigenvalue weighted by molar-refractivity contribution is 0.371. The van der Waals surface area contributed by atoms with Gasteiger partial charge in [0, 0.05) is 6.54 Å². The smallest absolute Gasteiger partial charge is 0.172 e. The van der Waals surface area contributed by atoms with E-state index >= 15 is 0 Å². The number of methoxy groups -OCH3 is 1. The van der Waals surface area contributed by atoms with Gasteiger partial charge in [0.1, 0.15) is 0 Å². The molecule has 0 aliphatic rings. The minimum Gasteiger partial charge on any atom is -0.503 e. The molecule has 0 fully saturated rings. The van der Waals surface area contributed by atoms with Crippen molar-refractivity contribution in [3.8, 4) is 11.5 Å². The maximum Gasteiger partial charge on any atom is 0.172 e. The lowest BCUT2D eigenvalue weighted by atomic mass is 10.1. The van der Waals surface area contributed by atoms with Crippen molar-refractivity contribution in [3.05, 3.63) is 22.2 Å². The molecule has 0 bridgehead atoms. The van der Waals surface area contributed by atoms with E-state index in [1.165, 1.54) is 0 Å². The highest BCUT2D eigenvalue weighted by Crippen LogP contribution is 2.35. The van der Waals surface area contributed by atoms with E-state index in [-0.39, 0.29) is 5.75 Å². The molecule has 0 aromatic heterocycles. The van der Waals surface area contributed by atoms with Gasteiger partial charge in [-0.15, -0.1) is 0 Å². The van der Waals surface area contributed by atoms with Crippen LogP contribution in [0.1, 0.15) is 25.8 Å². The summed E-state index contributed by atoms with van der Waals surface area (Å²) in [7, 11) is 1.55. The molecule has 0 heterocycles. The Labute approximate surface area is 111 Å². The quantitative estimate of drug-likeness (QED) is 0.792. The van der Waals surface area contributed by atoms with Gasteiger partial charge < -0.3 is 15.2 Å². The van der Waals surface area contributed by atoms with Crippen LogP contribution in [0, 0.1) is 5.92 Å². The van der Waals surface area contributed by atoms with Crippen LogP contribution in [0.15, 0.2) is 16.6 Å². The highest BCUT2D eigenvalue weighted by molar-refractivity contribution is 9.10. The van der Waals surface area contributed by atoms with Crippen molar-refractivity contribution in [3.63, 3.8) is 0 Å². The second-order valence-electron chi connectivity index (χ2n) is 4.49. The topological polar surface area (TPSA) is 41.5 Å². The van der Waals surface area contributed by atoms with Crippen molar-refractivity contribution in [2.75, 3.05) is 13.7 Å². The molecule has 96 valence electrons. The van der Waals surface area contributed by atoms with Crippen LogP contribution >= 0.6 is 15.9 Å².